The van der Waals surface area contributed by atoms with Crippen LogP contribution in [0.5, 0.6) is 0 Å². The molecule has 0 fully saturated rings. The monoisotopic (exact) mass is 338 g/mol. The van der Waals surface area contributed by atoms with Gasteiger partial charge in [-0.25, -0.2) is 0 Å². The molecule has 1 N–H and O–H groups in total. The van der Waals surface area contributed by atoms with Gasteiger partial charge in [-0.05, 0) is 12.8 Å². The number of nitrogens with zero attached hydrogens (tertiary/aromatic N) is 2. The van der Waals surface area contributed by atoms with E-state index in [-0.39, 0.29) is 6.61 Å². The molecule has 1 aliphatic rings. The molecular formula is C21H42N2O. The molecule has 142 valence electrons. The molecule has 0 spiro atoms. The van der Waals surface area contributed by atoms with Crippen molar-refractivity contribution in [3.05, 3.63) is 0 Å². The molecule has 3 nitrogen and oxygen atoms in total. The van der Waals surface area contributed by atoms with Gasteiger partial charge in [0, 0.05) is 13.2 Å². The first-order chi connectivity index (χ1) is 11.9. The fourth-order valence-electron chi connectivity index (χ4n) is 3.61. The molecule has 1 aliphatic heterocycles. The van der Waals surface area contributed by atoms with Gasteiger partial charge in [-0.15, -0.1) is 0 Å². The normalized spacial score (nSPS) is 17.1. The highest BCUT2D eigenvalue weighted by atomic mass is 16.3. The largest absolute Gasteiger partial charge is 0.396 e. The molecule has 0 aromatic carbocycles. The lowest BCUT2D eigenvalue weighted by atomic mass is 10.0. The lowest BCUT2D eigenvalue weighted by Gasteiger charge is -2.23. The number of aliphatic imine (C=N–C) groups is 1. The Morgan fingerprint density at radius 1 is 0.833 bits per heavy atom. The Morgan fingerprint density at radius 2 is 1.33 bits per heavy atom. The summed E-state index contributed by atoms with van der Waals surface area (Å²) >= 11 is 0. The van der Waals surface area contributed by atoms with Crippen LogP contribution in [-0.4, -0.2) is 42.1 Å². The van der Waals surface area contributed by atoms with E-state index in [9.17, 15) is 0 Å². The Labute approximate surface area is 150 Å². The number of aliphatic hydroxyl groups excluding tert-OH is 1. The van der Waals surface area contributed by atoms with Crippen LogP contribution in [0.15, 0.2) is 4.99 Å². The van der Waals surface area contributed by atoms with Gasteiger partial charge >= 0.3 is 0 Å². The molecule has 0 amide bonds. The second kappa shape index (κ2) is 15.9. The van der Waals surface area contributed by atoms with Crippen molar-refractivity contribution >= 4 is 6.34 Å². The summed E-state index contributed by atoms with van der Waals surface area (Å²) in [5.41, 5.74) is 0. The van der Waals surface area contributed by atoms with Crippen molar-refractivity contribution in [2.75, 3.05) is 19.7 Å². The zero-order valence-electron chi connectivity index (χ0n) is 16.2. The van der Waals surface area contributed by atoms with E-state index in [0.29, 0.717) is 6.04 Å². The summed E-state index contributed by atoms with van der Waals surface area (Å²) in [6.07, 6.45) is 22.6. The highest BCUT2D eigenvalue weighted by molar-refractivity contribution is 5.58. The Balaban J connectivity index is 1.77. The summed E-state index contributed by atoms with van der Waals surface area (Å²) in [6.45, 7) is 4.56. The lowest BCUT2D eigenvalue weighted by molar-refractivity contribution is 0.232. The van der Waals surface area contributed by atoms with Crippen molar-refractivity contribution in [3.8, 4) is 0 Å². The van der Waals surface area contributed by atoms with E-state index >= 15 is 0 Å². The molecule has 0 aromatic rings. The number of hydrogen-bond donors (Lipinski definition) is 1. The summed E-state index contributed by atoms with van der Waals surface area (Å²) in [5, 5.41) is 9.06. The van der Waals surface area contributed by atoms with E-state index in [2.05, 4.69) is 16.8 Å². The number of aliphatic hydroxyl groups is 1. The van der Waals surface area contributed by atoms with Crippen LogP contribution < -0.4 is 0 Å². The van der Waals surface area contributed by atoms with Crippen molar-refractivity contribution < 1.29 is 5.11 Å². The first-order valence-electron chi connectivity index (χ1n) is 10.7. The molecule has 1 unspecified atom stereocenters. The summed E-state index contributed by atoms with van der Waals surface area (Å²) in [5.74, 6) is 0. The summed E-state index contributed by atoms with van der Waals surface area (Å²) in [6, 6.07) is 0.456. The molecule has 24 heavy (non-hydrogen) atoms. The predicted octanol–water partition coefficient (Wildman–Crippen LogP) is 5.56. The van der Waals surface area contributed by atoms with Gasteiger partial charge in [-0.1, -0.05) is 90.4 Å². The number of rotatable bonds is 17. The standard InChI is InChI=1S/C21H42N2O/c1-2-3-4-5-6-7-8-9-10-11-12-13-14-15-17-23-20-22-19-21(23)16-18-24/h20-21,24H,2-19H2,1H3. The molecule has 0 bridgehead atoms. The molecule has 0 saturated carbocycles. The Kier molecular flexibility index (Phi) is 14.3. The summed E-state index contributed by atoms with van der Waals surface area (Å²) in [4.78, 5) is 6.67. The quantitative estimate of drug-likeness (QED) is 0.352. The zero-order chi connectivity index (χ0) is 17.3. The van der Waals surface area contributed by atoms with Crippen LogP contribution in [0.1, 0.15) is 103 Å². The minimum Gasteiger partial charge on any atom is -0.396 e. The maximum Gasteiger partial charge on any atom is 0.0853 e. The third kappa shape index (κ3) is 11.1. The minimum atomic E-state index is 0.281. The molecule has 1 rings (SSSR count). The van der Waals surface area contributed by atoms with E-state index < -0.39 is 0 Å². The van der Waals surface area contributed by atoms with E-state index in [1.54, 1.807) is 0 Å². The number of unbranched alkanes of at least 4 members (excludes halogenated alkanes) is 13. The van der Waals surface area contributed by atoms with Gasteiger partial charge in [0.25, 0.3) is 0 Å². The molecule has 0 aliphatic carbocycles. The van der Waals surface area contributed by atoms with Crippen LogP contribution >= 0.6 is 0 Å². The van der Waals surface area contributed by atoms with Gasteiger partial charge in [0.2, 0.25) is 0 Å². The van der Waals surface area contributed by atoms with Crippen LogP contribution in [-0.2, 0) is 0 Å². The first-order valence-corrected chi connectivity index (χ1v) is 10.7. The predicted molar refractivity (Wildman–Crippen MR) is 106 cm³/mol. The summed E-state index contributed by atoms with van der Waals surface area (Å²) in [7, 11) is 0. The highest BCUT2D eigenvalue weighted by Gasteiger charge is 2.18. The van der Waals surface area contributed by atoms with Crippen LogP contribution in [0.2, 0.25) is 0 Å². The lowest BCUT2D eigenvalue weighted by Crippen LogP contribution is -2.33. The molecular weight excluding hydrogens is 296 g/mol. The van der Waals surface area contributed by atoms with Gasteiger partial charge in [-0.2, -0.15) is 0 Å². The van der Waals surface area contributed by atoms with Crippen LogP contribution in [0.25, 0.3) is 0 Å². The van der Waals surface area contributed by atoms with E-state index in [1.807, 2.05) is 6.34 Å². The molecule has 0 radical (unpaired) electrons. The first kappa shape index (κ1) is 21.5. The number of hydrogen-bond acceptors (Lipinski definition) is 3. The minimum absolute atomic E-state index is 0.281. The maximum atomic E-state index is 9.06. The highest BCUT2D eigenvalue weighted by Crippen LogP contribution is 2.14. The van der Waals surface area contributed by atoms with E-state index in [4.69, 9.17) is 5.11 Å². The Hall–Kier alpha value is -0.570. The van der Waals surface area contributed by atoms with E-state index in [1.165, 1.54) is 89.9 Å². The van der Waals surface area contributed by atoms with Crippen LogP contribution in [0, 0.1) is 0 Å². The van der Waals surface area contributed by atoms with Gasteiger partial charge in [0.05, 0.1) is 18.9 Å². The third-order valence-corrected chi connectivity index (χ3v) is 5.25. The molecule has 1 atom stereocenters. The van der Waals surface area contributed by atoms with E-state index in [0.717, 1.165) is 19.5 Å². The fourth-order valence-corrected chi connectivity index (χ4v) is 3.61. The van der Waals surface area contributed by atoms with Crippen LogP contribution in [0.4, 0.5) is 0 Å². The molecule has 0 saturated heterocycles. The molecule has 0 aromatic heterocycles. The smallest absolute Gasteiger partial charge is 0.0853 e. The topological polar surface area (TPSA) is 35.8 Å². The van der Waals surface area contributed by atoms with Gasteiger partial charge in [0.1, 0.15) is 0 Å². The van der Waals surface area contributed by atoms with Crippen molar-refractivity contribution in [2.24, 2.45) is 4.99 Å². The van der Waals surface area contributed by atoms with Crippen molar-refractivity contribution in [1.82, 2.24) is 4.90 Å². The van der Waals surface area contributed by atoms with Gasteiger partial charge < -0.3 is 10.0 Å². The van der Waals surface area contributed by atoms with Crippen molar-refractivity contribution in [2.45, 2.75) is 109 Å². The Morgan fingerprint density at radius 3 is 1.83 bits per heavy atom. The van der Waals surface area contributed by atoms with Crippen molar-refractivity contribution in [3.63, 3.8) is 0 Å². The van der Waals surface area contributed by atoms with Gasteiger partial charge in [-0.3, -0.25) is 4.99 Å². The maximum absolute atomic E-state index is 9.06. The molecule has 3 heteroatoms. The SMILES string of the molecule is CCCCCCCCCCCCCCCCN1C=NCC1CCO. The second-order valence-corrected chi connectivity index (χ2v) is 7.48. The Bertz CT molecular complexity index is 294. The second-order valence-electron chi connectivity index (χ2n) is 7.48. The zero-order valence-corrected chi connectivity index (χ0v) is 16.2. The van der Waals surface area contributed by atoms with Crippen LogP contribution in [0.3, 0.4) is 0 Å². The van der Waals surface area contributed by atoms with Crippen molar-refractivity contribution in [1.29, 1.82) is 0 Å². The third-order valence-electron chi connectivity index (χ3n) is 5.25. The average Bonchev–Trinajstić information content (AvgIpc) is 3.03. The summed E-state index contributed by atoms with van der Waals surface area (Å²) < 4.78 is 0. The average molecular weight is 339 g/mol. The fraction of sp³-hybridized carbons (Fsp3) is 0.952. The molecule has 1 heterocycles. The van der Waals surface area contributed by atoms with Gasteiger partial charge in [0.15, 0.2) is 0 Å².